The van der Waals surface area contributed by atoms with Crippen molar-refractivity contribution in [1.82, 2.24) is 24.2 Å². The lowest BCUT2D eigenvalue weighted by atomic mass is 10.0. The molecule has 2 heterocycles. The van der Waals surface area contributed by atoms with Gasteiger partial charge in [0.05, 0.1) is 73.8 Å². The smallest absolute Gasteiger partial charge is 0.335 e. The van der Waals surface area contributed by atoms with Gasteiger partial charge in [0.2, 0.25) is 0 Å². The lowest BCUT2D eigenvalue weighted by Crippen LogP contribution is -2.40. The summed E-state index contributed by atoms with van der Waals surface area (Å²) >= 11 is 0. The molecule has 0 aliphatic heterocycles. The number of carbonyl (C=O) groups excluding carboxylic acids is 1. The summed E-state index contributed by atoms with van der Waals surface area (Å²) in [5.41, 5.74) is 0.998. The number of hydrogen-bond acceptors (Lipinski definition) is 4. The van der Waals surface area contributed by atoms with Gasteiger partial charge < -0.3 is 9.80 Å². The Labute approximate surface area is 241 Å². The van der Waals surface area contributed by atoms with Crippen molar-refractivity contribution in [3.05, 3.63) is 87.6 Å². The van der Waals surface area contributed by atoms with Crippen LogP contribution in [-0.2, 0) is 12.6 Å². The van der Waals surface area contributed by atoms with Gasteiger partial charge in [0.15, 0.2) is 0 Å². The molecule has 4 rings (SSSR count). The Bertz CT molecular complexity index is 1730. The number of nitriles is 1. The van der Waals surface area contributed by atoms with E-state index in [1.807, 2.05) is 0 Å². The van der Waals surface area contributed by atoms with Crippen LogP contribution in [0.4, 0.5) is 18.0 Å². The molecule has 2 aromatic heterocycles. The highest BCUT2D eigenvalue weighted by atomic mass is 19.4. The van der Waals surface area contributed by atoms with Crippen molar-refractivity contribution in [1.29, 1.82) is 5.26 Å². The second kappa shape index (κ2) is 11.3. The van der Waals surface area contributed by atoms with Crippen LogP contribution in [0.15, 0.2) is 59.5 Å². The van der Waals surface area contributed by atoms with Crippen molar-refractivity contribution in [2.24, 2.45) is 0 Å². The summed E-state index contributed by atoms with van der Waals surface area (Å²) in [7, 11) is 6.16. The summed E-state index contributed by atoms with van der Waals surface area (Å²) in [5, 5.41) is 16.8. The average molecular weight is 581 g/mol. The van der Waals surface area contributed by atoms with Gasteiger partial charge in [-0.2, -0.15) is 23.5 Å². The second-order valence-corrected chi connectivity index (χ2v) is 11.4. The van der Waals surface area contributed by atoms with Crippen LogP contribution in [0.3, 0.4) is 0 Å². The number of nitrogens with zero attached hydrogens (tertiary/aromatic N) is 6. The van der Waals surface area contributed by atoms with Crippen LogP contribution in [0, 0.1) is 18.3 Å². The molecule has 4 aromatic rings. The van der Waals surface area contributed by atoms with E-state index in [2.05, 4.69) is 37.6 Å². The molecule has 0 atom stereocenters. The van der Waals surface area contributed by atoms with Gasteiger partial charge in [0.25, 0.3) is 0 Å². The minimum absolute atomic E-state index is 0.0299. The number of quaternary nitrogens is 1. The number of hydrogen-bond donors (Lipinski definition) is 1. The molecule has 9 nitrogen and oxygen atoms in total. The lowest BCUT2D eigenvalue weighted by Gasteiger charge is -2.24. The molecule has 1 amide bonds. The van der Waals surface area contributed by atoms with Gasteiger partial charge in [-0.1, -0.05) is 6.07 Å². The van der Waals surface area contributed by atoms with Crippen molar-refractivity contribution >= 4 is 6.03 Å². The van der Waals surface area contributed by atoms with Crippen LogP contribution < -0.4 is 11.0 Å². The van der Waals surface area contributed by atoms with Crippen LogP contribution in [0.25, 0.3) is 22.8 Å². The van der Waals surface area contributed by atoms with E-state index in [4.69, 9.17) is 0 Å². The molecule has 42 heavy (non-hydrogen) atoms. The number of aromatic nitrogens is 4. The fourth-order valence-electron chi connectivity index (χ4n) is 4.72. The Hall–Kier alpha value is -4.63. The zero-order valence-corrected chi connectivity index (χ0v) is 24.3. The molecule has 0 spiro atoms. The van der Waals surface area contributed by atoms with Gasteiger partial charge in [-0.05, 0) is 68.8 Å². The predicted molar refractivity (Wildman–Crippen MR) is 153 cm³/mol. The topological polar surface area (TPSA) is 97.6 Å². The molecule has 0 bridgehead atoms. The zero-order valence-electron chi connectivity index (χ0n) is 24.3. The molecule has 0 fully saturated rings. The lowest BCUT2D eigenvalue weighted by molar-refractivity contribution is -0.870. The average Bonchev–Trinajstić information content (AvgIpc) is 3.47. The first-order valence-electron chi connectivity index (χ1n) is 13.3. The number of benzene rings is 2. The highest BCUT2D eigenvalue weighted by molar-refractivity contribution is 5.83. The van der Waals surface area contributed by atoms with Crippen molar-refractivity contribution in [2.45, 2.75) is 39.4 Å². The second-order valence-electron chi connectivity index (χ2n) is 11.4. The summed E-state index contributed by atoms with van der Waals surface area (Å²) in [6.45, 7) is 5.80. The SMILES string of the molecule is Cc1c(-c2ccnn2-c2ccc(C#N)cc2CC[N+](C)(C)C)n(C(=O)NC(C)C)c(=O)n1-c1cccc(C(F)(F)F)c1. The first-order chi connectivity index (χ1) is 19.6. The fraction of sp³-hybridized carbons (Fsp3) is 0.333. The number of amides is 1. The molecule has 0 aliphatic rings. The summed E-state index contributed by atoms with van der Waals surface area (Å²) in [4.78, 5) is 27.2. The van der Waals surface area contributed by atoms with E-state index in [-0.39, 0.29) is 23.1 Å². The maximum absolute atomic E-state index is 13.8. The molecule has 0 radical (unpaired) electrons. The van der Waals surface area contributed by atoms with Crippen LogP contribution in [0.1, 0.15) is 36.2 Å². The van der Waals surface area contributed by atoms with Gasteiger partial charge in [0.1, 0.15) is 5.69 Å². The third kappa shape index (κ3) is 6.16. The van der Waals surface area contributed by atoms with Crippen LogP contribution in [0.5, 0.6) is 0 Å². The van der Waals surface area contributed by atoms with E-state index in [1.165, 1.54) is 18.3 Å². The number of likely N-dealkylation sites (N-methyl/N-ethyl adjacent to an activating group) is 1. The monoisotopic (exact) mass is 580 g/mol. The Morgan fingerprint density at radius 2 is 1.83 bits per heavy atom. The summed E-state index contributed by atoms with van der Waals surface area (Å²) < 4.78 is 44.9. The Balaban J connectivity index is 1.99. The maximum atomic E-state index is 13.8. The third-order valence-corrected chi connectivity index (χ3v) is 6.71. The van der Waals surface area contributed by atoms with Crippen molar-refractivity contribution in [3.8, 4) is 28.8 Å². The predicted octanol–water partition coefficient (Wildman–Crippen LogP) is 4.91. The molecular formula is C30H33F3N7O2+. The molecule has 1 N–H and O–H groups in total. The fourth-order valence-corrected chi connectivity index (χ4v) is 4.72. The maximum Gasteiger partial charge on any atom is 0.416 e. The number of rotatable bonds is 7. The minimum Gasteiger partial charge on any atom is -0.335 e. The Morgan fingerprint density at radius 3 is 2.45 bits per heavy atom. The van der Waals surface area contributed by atoms with E-state index in [9.17, 15) is 28.0 Å². The molecule has 0 saturated heterocycles. The number of imidazole rings is 1. The first kappa shape index (κ1) is 30.3. The number of halogens is 3. The van der Waals surface area contributed by atoms with E-state index >= 15 is 0 Å². The highest BCUT2D eigenvalue weighted by Gasteiger charge is 2.32. The Morgan fingerprint density at radius 1 is 1.12 bits per heavy atom. The number of carbonyl (C=O) groups is 1. The standard InChI is InChI=1S/C30H32F3N7O2/c1-19(2)36-28(41)38-27(20(3)37(29(38)42)24-9-7-8-23(17-24)30(31,32)33)26-12-14-35-39(26)25-11-10-21(18-34)16-22(25)13-15-40(4,5)6/h7-12,14,16-17,19H,13,15H2,1-6H3/p+1. The molecule has 220 valence electrons. The molecule has 0 aliphatic carbocycles. The Kier molecular flexibility index (Phi) is 8.18. The molecule has 0 saturated carbocycles. The van der Waals surface area contributed by atoms with Crippen LogP contribution in [-0.4, -0.2) is 63.2 Å². The van der Waals surface area contributed by atoms with Gasteiger partial charge in [-0.25, -0.2) is 18.8 Å². The summed E-state index contributed by atoms with van der Waals surface area (Å²) in [5.74, 6) is 0. The summed E-state index contributed by atoms with van der Waals surface area (Å²) in [6, 6.07) is 12.4. The van der Waals surface area contributed by atoms with E-state index in [1.54, 1.807) is 49.7 Å². The zero-order chi connectivity index (χ0) is 31.0. The van der Waals surface area contributed by atoms with E-state index in [0.717, 1.165) is 33.4 Å². The minimum atomic E-state index is -4.62. The van der Waals surface area contributed by atoms with Crippen LogP contribution in [0.2, 0.25) is 0 Å². The largest absolute Gasteiger partial charge is 0.416 e. The van der Waals surface area contributed by atoms with Gasteiger partial charge in [-0.3, -0.25) is 4.57 Å². The van der Waals surface area contributed by atoms with Crippen LogP contribution >= 0.6 is 0 Å². The molecule has 0 unspecified atom stereocenters. The van der Waals surface area contributed by atoms with E-state index in [0.29, 0.717) is 27.8 Å². The van der Waals surface area contributed by atoms with Crippen molar-refractivity contribution in [3.63, 3.8) is 0 Å². The highest BCUT2D eigenvalue weighted by Crippen LogP contribution is 2.32. The quantitative estimate of drug-likeness (QED) is 0.314. The molecule has 12 heteroatoms. The van der Waals surface area contributed by atoms with Gasteiger partial charge in [-0.15, -0.1) is 0 Å². The molecule has 2 aromatic carbocycles. The van der Waals surface area contributed by atoms with Crippen molar-refractivity contribution < 1.29 is 22.4 Å². The molecular weight excluding hydrogens is 547 g/mol. The third-order valence-electron chi connectivity index (χ3n) is 6.71. The number of alkyl halides is 3. The van der Waals surface area contributed by atoms with Crippen molar-refractivity contribution in [2.75, 3.05) is 27.7 Å². The first-order valence-corrected chi connectivity index (χ1v) is 13.3. The van der Waals surface area contributed by atoms with Gasteiger partial charge in [0, 0.05) is 12.5 Å². The van der Waals surface area contributed by atoms with Gasteiger partial charge >= 0.3 is 17.9 Å². The summed E-state index contributed by atoms with van der Waals surface area (Å²) in [6.07, 6.45) is -2.49. The van der Waals surface area contributed by atoms with E-state index < -0.39 is 23.5 Å². The number of nitrogens with one attached hydrogen (secondary N) is 1. The normalized spacial score (nSPS) is 12.0.